The Morgan fingerprint density at radius 3 is 2.00 bits per heavy atom. The van der Waals surface area contributed by atoms with E-state index in [1.807, 2.05) is 9.09 Å². The van der Waals surface area contributed by atoms with E-state index in [0.717, 1.165) is 5.82 Å². The molecule has 0 aromatic carbocycles. The molecule has 0 bridgehead atoms. The standard InChI is InChI=1S/C8H7N2S.3C4H9.Sn/c1-7-9-4-5-10(7)8-3-2-6-11-8;3*1-3-4-2;/h2-5H,1H3;3*1,3-4H2,2H3;. The molecule has 0 saturated heterocycles. The number of imidazole rings is 1. The summed E-state index contributed by atoms with van der Waals surface area (Å²) >= 11 is -0.174. The van der Waals surface area contributed by atoms with Crippen molar-refractivity contribution in [3.8, 4) is 5.00 Å². The van der Waals surface area contributed by atoms with Gasteiger partial charge in [-0.05, 0) is 0 Å². The molecule has 0 aliphatic rings. The van der Waals surface area contributed by atoms with Gasteiger partial charge in [0.1, 0.15) is 0 Å². The molecule has 0 radical (unpaired) electrons. The Kier molecular flexibility index (Phi) is 8.35. The summed E-state index contributed by atoms with van der Waals surface area (Å²) in [6.07, 6.45) is 12.3. The fraction of sp³-hybridized carbons (Fsp3) is 0.650. The number of rotatable bonds is 11. The van der Waals surface area contributed by atoms with E-state index >= 15 is 0 Å². The summed E-state index contributed by atoms with van der Waals surface area (Å²) in [5.74, 6) is 1.10. The van der Waals surface area contributed by atoms with Gasteiger partial charge in [0, 0.05) is 0 Å². The summed E-state index contributed by atoms with van der Waals surface area (Å²) in [6, 6.07) is 4.85. The molecule has 24 heavy (non-hydrogen) atoms. The average Bonchev–Trinajstić information content (AvgIpc) is 3.23. The van der Waals surface area contributed by atoms with E-state index < -0.39 is 18.4 Å². The molecule has 2 rings (SSSR count). The SMILES string of the molecule is CCC[CH2][Sn]([CH2]CCC)([CH2]CCC)[c]1ccc(-n2ccnc2C)s1. The summed E-state index contributed by atoms with van der Waals surface area (Å²) in [5.41, 5.74) is 0. The van der Waals surface area contributed by atoms with E-state index in [2.05, 4.69) is 66.9 Å². The van der Waals surface area contributed by atoms with E-state index in [9.17, 15) is 0 Å². The van der Waals surface area contributed by atoms with Crippen LogP contribution in [0.3, 0.4) is 0 Å². The van der Waals surface area contributed by atoms with E-state index in [0.29, 0.717) is 0 Å². The molecule has 0 aliphatic carbocycles. The summed E-state index contributed by atoms with van der Waals surface area (Å²) < 4.78 is 8.71. The number of aryl methyl sites for hydroxylation is 1. The van der Waals surface area contributed by atoms with Gasteiger partial charge in [-0.2, -0.15) is 0 Å². The van der Waals surface area contributed by atoms with Crippen molar-refractivity contribution in [2.75, 3.05) is 0 Å². The molecule has 2 aromatic rings. The molecule has 0 aliphatic heterocycles. The van der Waals surface area contributed by atoms with Crippen LogP contribution in [0.1, 0.15) is 65.1 Å². The van der Waals surface area contributed by atoms with Crippen molar-refractivity contribution in [2.24, 2.45) is 0 Å². The van der Waals surface area contributed by atoms with Crippen LogP contribution in [0, 0.1) is 6.92 Å². The van der Waals surface area contributed by atoms with Crippen LogP contribution in [0.5, 0.6) is 0 Å². The Labute approximate surface area is 156 Å². The van der Waals surface area contributed by atoms with Crippen molar-refractivity contribution in [3.05, 3.63) is 30.4 Å². The van der Waals surface area contributed by atoms with Crippen LogP contribution < -0.4 is 2.89 Å². The van der Waals surface area contributed by atoms with Crippen LogP contribution in [0.2, 0.25) is 13.3 Å². The summed E-state index contributed by atoms with van der Waals surface area (Å²) in [5, 5.41) is 1.37. The van der Waals surface area contributed by atoms with Gasteiger partial charge in [0.25, 0.3) is 0 Å². The van der Waals surface area contributed by atoms with Crippen molar-refractivity contribution in [2.45, 2.75) is 79.5 Å². The van der Waals surface area contributed by atoms with Crippen LogP contribution in [0.25, 0.3) is 5.00 Å². The van der Waals surface area contributed by atoms with Crippen molar-refractivity contribution in [3.63, 3.8) is 0 Å². The fourth-order valence-electron chi connectivity index (χ4n) is 3.64. The van der Waals surface area contributed by atoms with Crippen molar-refractivity contribution >= 4 is 32.6 Å². The van der Waals surface area contributed by atoms with Gasteiger partial charge in [-0.15, -0.1) is 0 Å². The number of thiophene rings is 1. The van der Waals surface area contributed by atoms with Gasteiger partial charge < -0.3 is 0 Å². The molecule has 4 heteroatoms. The zero-order valence-electron chi connectivity index (χ0n) is 16.0. The Bertz CT molecular complexity index is 581. The Morgan fingerprint density at radius 1 is 0.958 bits per heavy atom. The first-order chi connectivity index (χ1) is 11.7. The molecule has 0 atom stereocenters. The summed E-state index contributed by atoms with van der Waals surface area (Å²) in [6.45, 7) is 9.15. The summed E-state index contributed by atoms with van der Waals surface area (Å²) in [7, 11) is 0. The second-order valence-corrected chi connectivity index (χ2v) is 22.3. The van der Waals surface area contributed by atoms with Crippen LogP contribution in [0.4, 0.5) is 0 Å². The molecule has 2 aromatic heterocycles. The predicted octanol–water partition coefficient (Wildman–Crippen LogP) is 6.30. The molecule has 0 unspecified atom stereocenters. The third kappa shape index (κ3) is 4.87. The summed E-state index contributed by atoms with van der Waals surface area (Å²) in [4.78, 5) is 4.40. The van der Waals surface area contributed by atoms with Crippen molar-refractivity contribution < 1.29 is 0 Å². The van der Waals surface area contributed by atoms with Crippen LogP contribution in [-0.2, 0) is 0 Å². The van der Waals surface area contributed by atoms with Crippen molar-refractivity contribution in [1.29, 1.82) is 0 Å². The van der Waals surface area contributed by atoms with E-state index in [4.69, 9.17) is 0 Å². The Balaban J connectivity index is 2.33. The maximum absolute atomic E-state index is 4.40. The molecule has 0 N–H and O–H groups in total. The molecular weight excluding hydrogens is 419 g/mol. The number of aromatic nitrogens is 2. The normalized spacial score (nSPS) is 12.0. The first-order valence-electron chi connectivity index (χ1n) is 9.77. The van der Waals surface area contributed by atoms with Gasteiger partial charge in [0.05, 0.1) is 0 Å². The second kappa shape index (κ2) is 10.0. The number of nitrogens with zero attached hydrogens (tertiary/aromatic N) is 2. The number of hydrogen-bond donors (Lipinski definition) is 0. The van der Waals surface area contributed by atoms with Gasteiger partial charge in [0.15, 0.2) is 0 Å². The topological polar surface area (TPSA) is 17.8 Å². The third-order valence-electron chi connectivity index (χ3n) is 5.20. The maximum atomic E-state index is 4.40. The Hall–Kier alpha value is -0.291. The van der Waals surface area contributed by atoms with E-state index in [1.54, 1.807) is 13.3 Å². The minimum atomic E-state index is -2.25. The molecular formula is C20H34N2SSn. The first-order valence-corrected chi connectivity index (χ1v) is 18.1. The molecule has 2 heterocycles. The minimum absolute atomic E-state index is 1.10. The molecule has 2 nitrogen and oxygen atoms in total. The zero-order valence-corrected chi connectivity index (χ0v) is 19.6. The average molecular weight is 453 g/mol. The quantitative estimate of drug-likeness (QED) is 0.366. The van der Waals surface area contributed by atoms with Crippen molar-refractivity contribution in [1.82, 2.24) is 9.55 Å². The molecule has 0 fully saturated rings. The monoisotopic (exact) mass is 454 g/mol. The second-order valence-electron chi connectivity index (χ2n) is 7.07. The molecule has 134 valence electrons. The number of unbranched alkanes of at least 4 members (excludes halogenated alkanes) is 3. The van der Waals surface area contributed by atoms with Gasteiger partial charge >= 0.3 is 157 Å². The molecule has 0 amide bonds. The Morgan fingerprint density at radius 2 is 1.54 bits per heavy atom. The molecule has 0 spiro atoms. The van der Waals surface area contributed by atoms with Gasteiger partial charge in [0.2, 0.25) is 0 Å². The van der Waals surface area contributed by atoms with Crippen LogP contribution in [0.15, 0.2) is 24.5 Å². The van der Waals surface area contributed by atoms with Gasteiger partial charge in [-0.1, -0.05) is 0 Å². The zero-order chi connectivity index (χ0) is 17.4. The third-order valence-corrected chi connectivity index (χ3v) is 24.6. The van der Waals surface area contributed by atoms with Crippen LogP contribution >= 0.6 is 11.3 Å². The van der Waals surface area contributed by atoms with E-state index in [1.165, 1.54) is 43.5 Å². The number of hydrogen-bond acceptors (Lipinski definition) is 2. The first kappa shape index (κ1) is 20.0. The van der Waals surface area contributed by atoms with Crippen LogP contribution in [-0.4, -0.2) is 27.9 Å². The van der Waals surface area contributed by atoms with Gasteiger partial charge in [-0.3, -0.25) is 0 Å². The predicted molar refractivity (Wildman–Crippen MR) is 111 cm³/mol. The fourth-order valence-corrected chi connectivity index (χ4v) is 23.8. The van der Waals surface area contributed by atoms with E-state index in [-0.39, 0.29) is 0 Å². The molecule has 0 saturated carbocycles. The van der Waals surface area contributed by atoms with Gasteiger partial charge in [-0.25, -0.2) is 0 Å².